The fourth-order valence-corrected chi connectivity index (χ4v) is 1.42. The van der Waals surface area contributed by atoms with Gasteiger partial charge in [0.05, 0.1) is 12.1 Å². The SMILES string of the molecule is CC(C)Oc1ccc(NC(=O)[C@H](N)C(C)C)cc1. The van der Waals surface area contributed by atoms with E-state index in [-0.39, 0.29) is 17.9 Å². The van der Waals surface area contributed by atoms with Gasteiger partial charge in [-0.1, -0.05) is 13.8 Å². The molecule has 3 N–H and O–H groups in total. The third-order valence-corrected chi connectivity index (χ3v) is 2.51. The molecule has 1 amide bonds. The zero-order valence-electron chi connectivity index (χ0n) is 11.4. The van der Waals surface area contributed by atoms with E-state index in [1.165, 1.54) is 0 Å². The highest BCUT2D eigenvalue weighted by Gasteiger charge is 2.16. The number of carbonyl (C=O) groups excluding carboxylic acids is 1. The second-order valence-electron chi connectivity index (χ2n) is 4.95. The van der Waals surface area contributed by atoms with Crippen molar-refractivity contribution in [1.82, 2.24) is 0 Å². The number of hydrogen-bond donors (Lipinski definition) is 2. The standard InChI is InChI=1S/C14H22N2O2/c1-9(2)13(15)14(17)16-11-5-7-12(8-6-11)18-10(3)4/h5-10,13H,15H2,1-4H3,(H,16,17)/t13-/m1/s1. The van der Waals surface area contributed by atoms with Gasteiger partial charge >= 0.3 is 0 Å². The maximum atomic E-state index is 11.7. The number of rotatable bonds is 5. The number of carbonyl (C=O) groups is 1. The Morgan fingerprint density at radius 2 is 1.72 bits per heavy atom. The molecular weight excluding hydrogens is 228 g/mol. The van der Waals surface area contributed by atoms with Gasteiger partial charge in [-0.05, 0) is 44.0 Å². The summed E-state index contributed by atoms with van der Waals surface area (Å²) >= 11 is 0. The summed E-state index contributed by atoms with van der Waals surface area (Å²) in [4.78, 5) is 11.7. The van der Waals surface area contributed by atoms with Crippen LogP contribution in [-0.2, 0) is 4.79 Å². The number of ether oxygens (including phenoxy) is 1. The van der Waals surface area contributed by atoms with Crippen LogP contribution in [0, 0.1) is 5.92 Å². The van der Waals surface area contributed by atoms with E-state index in [2.05, 4.69) is 5.32 Å². The van der Waals surface area contributed by atoms with Crippen LogP contribution >= 0.6 is 0 Å². The minimum atomic E-state index is -0.489. The molecule has 0 saturated carbocycles. The predicted octanol–water partition coefficient (Wildman–Crippen LogP) is 2.40. The summed E-state index contributed by atoms with van der Waals surface area (Å²) in [7, 11) is 0. The van der Waals surface area contributed by atoms with Crippen molar-refractivity contribution in [2.24, 2.45) is 11.7 Å². The zero-order chi connectivity index (χ0) is 13.7. The van der Waals surface area contributed by atoms with E-state index in [9.17, 15) is 4.79 Å². The first-order valence-electron chi connectivity index (χ1n) is 6.23. The van der Waals surface area contributed by atoms with E-state index < -0.39 is 6.04 Å². The van der Waals surface area contributed by atoms with Gasteiger partial charge in [0.15, 0.2) is 0 Å². The zero-order valence-corrected chi connectivity index (χ0v) is 11.4. The number of hydrogen-bond acceptors (Lipinski definition) is 3. The molecule has 4 heteroatoms. The van der Waals surface area contributed by atoms with Gasteiger partial charge in [0.1, 0.15) is 5.75 Å². The molecule has 0 spiro atoms. The molecule has 1 rings (SSSR count). The molecule has 1 atom stereocenters. The number of nitrogens with two attached hydrogens (primary N) is 1. The normalized spacial score (nSPS) is 12.6. The maximum absolute atomic E-state index is 11.7. The van der Waals surface area contributed by atoms with Crippen molar-refractivity contribution in [3.05, 3.63) is 24.3 Å². The number of amides is 1. The predicted molar refractivity (Wildman–Crippen MR) is 73.6 cm³/mol. The fraction of sp³-hybridized carbons (Fsp3) is 0.500. The van der Waals surface area contributed by atoms with Crippen molar-refractivity contribution in [3.63, 3.8) is 0 Å². The molecule has 1 aromatic carbocycles. The third kappa shape index (κ3) is 4.37. The summed E-state index contributed by atoms with van der Waals surface area (Å²) in [5.41, 5.74) is 6.50. The Labute approximate surface area is 109 Å². The van der Waals surface area contributed by atoms with Gasteiger partial charge in [0, 0.05) is 5.69 Å². The Balaban J connectivity index is 2.61. The Bertz CT molecular complexity index is 385. The topological polar surface area (TPSA) is 64.3 Å². The van der Waals surface area contributed by atoms with Crippen LogP contribution in [0.4, 0.5) is 5.69 Å². The lowest BCUT2D eigenvalue weighted by molar-refractivity contribution is -0.118. The van der Waals surface area contributed by atoms with Crippen molar-refractivity contribution in [3.8, 4) is 5.75 Å². The molecule has 0 heterocycles. The Kier molecular flexibility index (Phi) is 5.16. The van der Waals surface area contributed by atoms with Crippen molar-refractivity contribution in [2.75, 3.05) is 5.32 Å². The molecule has 0 unspecified atom stereocenters. The summed E-state index contributed by atoms with van der Waals surface area (Å²) < 4.78 is 5.52. The smallest absolute Gasteiger partial charge is 0.241 e. The van der Waals surface area contributed by atoms with Crippen LogP contribution < -0.4 is 15.8 Å². The van der Waals surface area contributed by atoms with Crippen molar-refractivity contribution >= 4 is 11.6 Å². The molecule has 0 aliphatic heterocycles. The second kappa shape index (κ2) is 6.40. The monoisotopic (exact) mass is 250 g/mol. The summed E-state index contributed by atoms with van der Waals surface area (Å²) in [5.74, 6) is 0.743. The average molecular weight is 250 g/mol. The molecule has 0 aromatic heterocycles. The fourth-order valence-electron chi connectivity index (χ4n) is 1.42. The highest BCUT2D eigenvalue weighted by Crippen LogP contribution is 2.17. The van der Waals surface area contributed by atoms with Gasteiger partial charge in [-0.15, -0.1) is 0 Å². The molecule has 0 aliphatic carbocycles. The van der Waals surface area contributed by atoms with Crippen LogP contribution in [0.1, 0.15) is 27.7 Å². The highest BCUT2D eigenvalue weighted by molar-refractivity contribution is 5.94. The van der Waals surface area contributed by atoms with Gasteiger partial charge in [-0.3, -0.25) is 4.79 Å². The average Bonchev–Trinajstić information content (AvgIpc) is 2.29. The second-order valence-corrected chi connectivity index (χ2v) is 4.95. The van der Waals surface area contributed by atoms with Crippen LogP contribution in [0.3, 0.4) is 0 Å². The largest absolute Gasteiger partial charge is 0.491 e. The van der Waals surface area contributed by atoms with Crippen molar-refractivity contribution in [1.29, 1.82) is 0 Å². The van der Waals surface area contributed by atoms with E-state index in [0.29, 0.717) is 0 Å². The minimum absolute atomic E-state index is 0.119. The Morgan fingerprint density at radius 1 is 1.17 bits per heavy atom. The molecule has 0 fully saturated rings. The summed E-state index contributed by atoms with van der Waals surface area (Å²) in [6.07, 6.45) is 0.139. The maximum Gasteiger partial charge on any atom is 0.241 e. The molecule has 0 saturated heterocycles. The van der Waals surface area contributed by atoms with E-state index in [4.69, 9.17) is 10.5 Å². The molecule has 0 radical (unpaired) electrons. The van der Waals surface area contributed by atoms with Gasteiger partial charge in [0.25, 0.3) is 0 Å². The molecule has 0 aliphatic rings. The van der Waals surface area contributed by atoms with E-state index in [1.54, 1.807) is 0 Å². The van der Waals surface area contributed by atoms with Crippen LogP contribution in [0.25, 0.3) is 0 Å². The number of benzene rings is 1. The minimum Gasteiger partial charge on any atom is -0.491 e. The Hall–Kier alpha value is -1.55. The molecule has 1 aromatic rings. The molecule has 4 nitrogen and oxygen atoms in total. The number of anilines is 1. The number of nitrogens with one attached hydrogen (secondary N) is 1. The lowest BCUT2D eigenvalue weighted by atomic mass is 10.1. The van der Waals surface area contributed by atoms with Crippen LogP contribution in [0.2, 0.25) is 0 Å². The first kappa shape index (κ1) is 14.5. The molecule has 100 valence electrons. The van der Waals surface area contributed by atoms with Crippen LogP contribution in [0.15, 0.2) is 24.3 Å². The third-order valence-electron chi connectivity index (χ3n) is 2.51. The Morgan fingerprint density at radius 3 is 2.17 bits per heavy atom. The lowest BCUT2D eigenvalue weighted by Gasteiger charge is -2.15. The molecule has 18 heavy (non-hydrogen) atoms. The molecule has 0 bridgehead atoms. The summed E-state index contributed by atoms with van der Waals surface area (Å²) in [6.45, 7) is 7.78. The highest BCUT2D eigenvalue weighted by atomic mass is 16.5. The molecular formula is C14H22N2O2. The quantitative estimate of drug-likeness (QED) is 0.843. The first-order valence-corrected chi connectivity index (χ1v) is 6.23. The lowest BCUT2D eigenvalue weighted by Crippen LogP contribution is -2.39. The van der Waals surface area contributed by atoms with Gasteiger partial charge in [-0.25, -0.2) is 0 Å². The van der Waals surface area contributed by atoms with Crippen LogP contribution in [0.5, 0.6) is 5.75 Å². The van der Waals surface area contributed by atoms with Gasteiger partial charge in [0.2, 0.25) is 5.91 Å². The summed E-state index contributed by atoms with van der Waals surface area (Å²) in [5, 5.41) is 2.78. The van der Waals surface area contributed by atoms with Gasteiger partial charge in [-0.2, -0.15) is 0 Å². The van der Waals surface area contributed by atoms with E-state index >= 15 is 0 Å². The van der Waals surface area contributed by atoms with E-state index in [0.717, 1.165) is 11.4 Å². The van der Waals surface area contributed by atoms with Crippen LogP contribution in [-0.4, -0.2) is 18.1 Å². The first-order chi connectivity index (χ1) is 8.40. The van der Waals surface area contributed by atoms with E-state index in [1.807, 2.05) is 52.0 Å². The van der Waals surface area contributed by atoms with Crippen molar-refractivity contribution < 1.29 is 9.53 Å². The summed E-state index contributed by atoms with van der Waals surface area (Å²) in [6, 6.07) is 6.79. The van der Waals surface area contributed by atoms with Crippen molar-refractivity contribution in [2.45, 2.75) is 39.8 Å². The van der Waals surface area contributed by atoms with Gasteiger partial charge < -0.3 is 15.8 Å².